The van der Waals surface area contributed by atoms with Crippen LogP contribution in [0, 0.1) is 0 Å². The van der Waals surface area contributed by atoms with Crippen molar-refractivity contribution in [2.24, 2.45) is 0 Å². The summed E-state index contributed by atoms with van der Waals surface area (Å²) in [4.78, 5) is 0. The normalized spacial score (nSPS) is 12.4. The zero-order valence-electron chi connectivity index (χ0n) is 28.9. The van der Waals surface area contributed by atoms with Gasteiger partial charge in [-0.05, 0) is 106 Å². The molecule has 0 radical (unpaired) electrons. The van der Waals surface area contributed by atoms with E-state index in [1.807, 2.05) is 22.7 Å². The Morgan fingerprint density at radius 1 is 0.278 bits per heavy atom. The summed E-state index contributed by atoms with van der Waals surface area (Å²) in [5.41, 5.74) is 7.34. The van der Waals surface area contributed by atoms with Crippen LogP contribution in [0.4, 0.5) is 0 Å². The van der Waals surface area contributed by atoms with Crippen LogP contribution in [-0.4, -0.2) is 9.13 Å². The number of thiophene rings is 2. The molecule has 13 rings (SSSR count). The summed E-state index contributed by atoms with van der Waals surface area (Å²) in [6, 6.07) is 63.3. The molecule has 54 heavy (non-hydrogen) atoms. The molecule has 0 saturated heterocycles. The van der Waals surface area contributed by atoms with Crippen LogP contribution < -0.4 is 0 Å². The second kappa shape index (κ2) is 10.6. The monoisotopic (exact) mass is 720 g/mol. The van der Waals surface area contributed by atoms with Crippen molar-refractivity contribution in [1.82, 2.24) is 9.13 Å². The molecule has 0 saturated carbocycles. The van der Waals surface area contributed by atoms with Gasteiger partial charge in [-0.15, -0.1) is 22.7 Å². The third-order valence-corrected chi connectivity index (χ3v) is 13.9. The Morgan fingerprint density at radius 3 is 1.04 bits per heavy atom. The summed E-state index contributed by atoms with van der Waals surface area (Å²) in [5, 5.41) is 15.7. The van der Waals surface area contributed by atoms with Crippen molar-refractivity contribution in [3.05, 3.63) is 170 Å². The molecule has 0 aliphatic rings. The Kier molecular flexibility index (Phi) is 5.69. The van der Waals surface area contributed by atoms with E-state index in [0.29, 0.717) is 0 Å². The van der Waals surface area contributed by atoms with E-state index in [2.05, 4.69) is 179 Å². The highest BCUT2D eigenvalue weighted by molar-refractivity contribution is 7.28. The molecule has 250 valence electrons. The number of hydrogen-bond donors (Lipinski definition) is 0. The van der Waals surface area contributed by atoms with Gasteiger partial charge < -0.3 is 9.13 Å². The van der Waals surface area contributed by atoms with E-state index in [1.54, 1.807) is 0 Å². The van der Waals surface area contributed by atoms with Gasteiger partial charge in [0.1, 0.15) is 0 Å². The number of hydrogen-bond acceptors (Lipinski definition) is 2. The number of aromatic nitrogens is 2. The van der Waals surface area contributed by atoms with Crippen LogP contribution in [-0.2, 0) is 0 Å². The summed E-state index contributed by atoms with van der Waals surface area (Å²) >= 11 is 3.83. The lowest BCUT2D eigenvalue weighted by Gasteiger charge is -2.10. The van der Waals surface area contributed by atoms with Crippen molar-refractivity contribution in [3.8, 4) is 11.4 Å². The molecule has 0 spiro atoms. The van der Waals surface area contributed by atoms with Gasteiger partial charge in [-0.3, -0.25) is 0 Å². The number of para-hydroxylation sites is 4. The van der Waals surface area contributed by atoms with Gasteiger partial charge in [0.25, 0.3) is 0 Å². The molecule has 0 fully saturated rings. The highest BCUT2D eigenvalue weighted by Crippen LogP contribution is 2.47. The molecule has 13 aromatic rings. The van der Waals surface area contributed by atoms with Crippen LogP contribution in [0.3, 0.4) is 0 Å². The molecule has 0 aliphatic heterocycles. The molecule has 4 aromatic heterocycles. The maximum absolute atomic E-state index is 2.43. The van der Waals surface area contributed by atoms with Gasteiger partial charge in [-0.1, -0.05) is 84.9 Å². The fraction of sp³-hybridized carbons (Fsp3) is 0. The average molecular weight is 721 g/mol. The average Bonchev–Trinajstić information content (AvgIpc) is 3.96. The SMILES string of the molecule is c1ccc2c(c1)c1ccccc1n2-c1ccc2cc3c(cc2c1)sc1ccc2sc4cc5cc(-n6c7ccccc7c7ccccc76)ccc5cc4c2c13. The van der Waals surface area contributed by atoms with Crippen LogP contribution in [0.1, 0.15) is 0 Å². The van der Waals surface area contributed by atoms with E-state index >= 15 is 0 Å². The molecule has 4 heterocycles. The maximum atomic E-state index is 2.43. The first kappa shape index (κ1) is 29.0. The summed E-state index contributed by atoms with van der Waals surface area (Å²) in [5.74, 6) is 0. The molecule has 0 atom stereocenters. The topological polar surface area (TPSA) is 9.86 Å². The summed E-state index contributed by atoms with van der Waals surface area (Å²) in [6.07, 6.45) is 0. The van der Waals surface area contributed by atoms with Crippen LogP contribution in [0.5, 0.6) is 0 Å². The van der Waals surface area contributed by atoms with Crippen LogP contribution in [0.25, 0.3) is 117 Å². The minimum atomic E-state index is 1.19. The number of benzene rings is 9. The van der Waals surface area contributed by atoms with Gasteiger partial charge in [-0.2, -0.15) is 0 Å². The minimum absolute atomic E-state index is 1.19. The Morgan fingerprint density at radius 2 is 0.648 bits per heavy atom. The highest BCUT2D eigenvalue weighted by Gasteiger charge is 2.18. The summed E-state index contributed by atoms with van der Waals surface area (Å²) < 4.78 is 10.2. The zero-order chi connectivity index (χ0) is 35.1. The summed E-state index contributed by atoms with van der Waals surface area (Å²) in [6.45, 7) is 0. The fourth-order valence-electron chi connectivity index (χ4n) is 9.27. The van der Waals surface area contributed by atoms with Crippen molar-refractivity contribution in [2.75, 3.05) is 0 Å². The lowest BCUT2D eigenvalue weighted by molar-refractivity contribution is 1.19. The Hall–Kier alpha value is -6.46. The minimum Gasteiger partial charge on any atom is -0.309 e. The van der Waals surface area contributed by atoms with Crippen LogP contribution >= 0.6 is 22.7 Å². The third-order valence-electron chi connectivity index (χ3n) is 11.6. The van der Waals surface area contributed by atoms with Crippen molar-refractivity contribution in [3.63, 3.8) is 0 Å². The Balaban J connectivity index is 0.995. The van der Waals surface area contributed by atoms with Crippen molar-refractivity contribution < 1.29 is 0 Å². The van der Waals surface area contributed by atoms with E-state index in [4.69, 9.17) is 0 Å². The van der Waals surface area contributed by atoms with E-state index in [0.717, 1.165) is 0 Å². The molecule has 4 heteroatoms. The van der Waals surface area contributed by atoms with Crippen molar-refractivity contribution in [2.45, 2.75) is 0 Å². The zero-order valence-corrected chi connectivity index (χ0v) is 30.5. The molecule has 2 nitrogen and oxygen atoms in total. The highest BCUT2D eigenvalue weighted by atomic mass is 32.1. The molecule has 0 N–H and O–H groups in total. The summed E-state index contributed by atoms with van der Waals surface area (Å²) in [7, 11) is 0. The smallest absolute Gasteiger partial charge is 0.0541 e. The molecule has 0 aliphatic carbocycles. The molecular formula is C50H28N2S2. The Labute approximate surface area is 316 Å². The van der Waals surface area contributed by atoms with Crippen LogP contribution in [0.15, 0.2) is 170 Å². The lowest BCUT2D eigenvalue weighted by Crippen LogP contribution is -1.93. The van der Waals surface area contributed by atoms with Crippen molar-refractivity contribution >= 4 is 128 Å². The van der Waals surface area contributed by atoms with E-state index in [9.17, 15) is 0 Å². The standard InChI is InChI=1S/C50H28N2S2/c1-5-13-41-35(9-1)36-10-2-6-14-42(36)51(41)33-19-17-29-25-39-47(27-31(29)23-33)53-45-21-22-46-50(49(39)45)40-26-30-18-20-34(24-32(30)28-48(40)54-46)52-43-15-7-3-11-37(43)38-12-4-8-16-44(38)52/h1-28H. The van der Waals surface area contributed by atoms with E-state index < -0.39 is 0 Å². The maximum Gasteiger partial charge on any atom is 0.0541 e. The quantitative estimate of drug-likeness (QED) is 0.168. The fourth-order valence-corrected chi connectivity index (χ4v) is 11.6. The molecule has 0 unspecified atom stereocenters. The number of nitrogens with zero attached hydrogens (tertiary/aromatic N) is 2. The first-order chi connectivity index (χ1) is 26.7. The van der Waals surface area contributed by atoms with Gasteiger partial charge in [0.05, 0.1) is 22.1 Å². The first-order valence-corrected chi connectivity index (χ1v) is 20.0. The molecule has 9 aromatic carbocycles. The molecule has 0 bridgehead atoms. The van der Waals surface area contributed by atoms with E-state index in [-0.39, 0.29) is 0 Å². The van der Waals surface area contributed by atoms with Gasteiger partial charge in [0.2, 0.25) is 0 Å². The largest absolute Gasteiger partial charge is 0.309 e. The third kappa shape index (κ3) is 3.88. The number of rotatable bonds is 2. The van der Waals surface area contributed by atoms with Gasteiger partial charge in [0, 0.05) is 73.3 Å². The first-order valence-electron chi connectivity index (χ1n) is 18.4. The lowest BCUT2D eigenvalue weighted by atomic mass is 10.0. The predicted molar refractivity (Wildman–Crippen MR) is 236 cm³/mol. The van der Waals surface area contributed by atoms with Gasteiger partial charge in [0.15, 0.2) is 0 Å². The van der Waals surface area contributed by atoms with Gasteiger partial charge in [-0.25, -0.2) is 0 Å². The number of fused-ring (bicyclic) bond motifs is 15. The second-order valence-corrected chi connectivity index (χ2v) is 16.7. The van der Waals surface area contributed by atoms with Crippen LogP contribution in [0.2, 0.25) is 0 Å². The predicted octanol–water partition coefficient (Wildman–Crippen LogP) is 14.9. The van der Waals surface area contributed by atoms with Gasteiger partial charge >= 0.3 is 0 Å². The van der Waals surface area contributed by atoms with Crippen molar-refractivity contribution in [1.29, 1.82) is 0 Å². The molecule has 0 amide bonds. The Bertz CT molecular complexity index is 3390. The second-order valence-electron chi connectivity index (χ2n) is 14.5. The molecular weight excluding hydrogens is 693 g/mol. The van der Waals surface area contributed by atoms with E-state index in [1.165, 1.54) is 117 Å².